The second-order valence-corrected chi connectivity index (χ2v) is 9.40. The fourth-order valence-corrected chi connectivity index (χ4v) is 5.91. The molecule has 0 radical (unpaired) electrons. The molecule has 1 aliphatic heterocycles. The molecule has 1 saturated heterocycles. The smallest absolute Gasteiger partial charge is 0.228 e. The summed E-state index contributed by atoms with van der Waals surface area (Å²) in [7, 11) is 3.25. The van der Waals surface area contributed by atoms with Crippen LogP contribution in [0, 0.1) is 23.5 Å². The summed E-state index contributed by atoms with van der Waals surface area (Å²) in [6.45, 7) is 0.456. The lowest BCUT2D eigenvalue weighted by molar-refractivity contribution is -0.201. The number of benzene rings is 2. The number of nitrogens with zero attached hydrogens (tertiary/aromatic N) is 2. The predicted molar refractivity (Wildman–Crippen MR) is 121 cm³/mol. The minimum absolute atomic E-state index is 0.00583. The van der Waals surface area contributed by atoms with Crippen molar-refractivity contribution >= 4 is 16.9 Å². The van der Waals surface area contributed by atoms with Gasteiger partial charge in [0, 0.05) is 35.1 Å². The number of hydrogen-bond acceptors (Lipinski definition) is 7. The maximum absolute atomic E-state index is 14.4. The molecule has 1 unspecified atom stereocenters. The summed E-state index contributed by atoms with van der Waals surface area (Å²) in [5.41, 5.74) is 3.40. The molecule has 1 spiro atoms. The quantitative estimate of drug-likeness (QED) is 0.541. The average Bonchev–Trinajstić information content (AvgIpc) is 3.42. The van der Waals surface area contributed by atoms with Crippen LogP contribution < -0.4 is 20.2 Å². The predicted octanol–water partition coefficient (Wildman–Crippen LogP) is 5.31. The number of methoxy groups -OCH3 is 2. The van der Waals surface area contributed by atoms with Crippen LogP contribution in [0.25, 0.3) is 11.0 Å². The van der Waals surface area contributed by atoms with Crippen molar-refractivity contribution in [2.45, 2.75) is 44.4 Å². The van der Waals surface area contributed by atoms with Crippen LogP contribution in [0.5, 0.6) is 11.5 Å². The van der Waals surface area contributed by atoms with Crippen LogP contribution in [0.15, 0.2) is 40.8 Å². The van der Waals surface area contributed by atoms with Gasteiger partial charge in [-0.3, -0.25) is 4.84 Å². The van der Waals surface area contributed by atoms with E-state index in [0.29, 0.717) is 41.1 Å². The fourth-order valence-electron chi connectivity index (χ4n) is 5.91. The maximum Gasteiger partial charge on any atom is 0.228 e. The lowest BCUT2D eigenvalue weighted by atomic mass is 9.65. The highest BCUT2D eigenvalue weighted by atomic mass is 19.1. The van der Waals surface area contributed by atoms with Gasteiger partial charge >= 0.3 is 0 Å². The number of nitrogens with one attached hydrogen (secondary N) is 1. The molecule has 2 heterocycles. The Hall–Kier alpha value is -2.88. The van der Waals surface area contributed by atoms with Crippen molar-refractivity contribution in [2.75, 3.05) is 19.3 Å². The van der Waals surface area contributed by atoms with E-state index < -0.39 is 17.4 Å². The van der Waals surface area contributed by atoms with Gasteiger partial charge in [-0.05, 0) is 50.2 Å². The zero-order valence-corrected chi connectivity index (χ0v) is 19.1. The monoisotopic (exact) mass is 471 g/mol. The van der Waals surface area contributed by atoms with Gasteiger partial charge < -0.3 is 13.9 Å². The van der Waals surface area contributed by atoms with E-state index in [4.69, 9.17) is 18.7 Å². The van der Waals surface area contributed by atoms with E-state index in [1.54, 1.807) is 25.4 Å². The lowest BCUT2D eigenvalue weighted by Gasteiger charge is -2.51. The zero-order valence-electron chi connectivity index (χ0n) is 19.1. The number of halogens is 2. The molecule has 3 saturated carbocycles. The van der Waals surface area contributed by atoms with Crippen molar-refractivity contribution in [1.82, 2.24) is 10.6 Å². The van der Waals surface area contributed by atoms with Crippen LogP contribution in [-0.2, 0) is 11.4 Å². The minimum atomic E-state index is -0.740. The Morgan fingerprint density at radius 3 is 2.59 bits per heavy atom. The molecule has 3 aromatic rings. The molecule has 3 aliphatic carbocycles. The molecule has 0 amide bonds. The average molecular weight is 472 g/mol. The molecule has 1 atom stereocenters. The van der Waals surface area contributed by atoms with E-state index in [1.807, 2.05) is 18.2 Å². The number of hydrogen-bond donors (Lipinski definition) is 1. The molecule has 180 valence electrons. The third-order valence-corrected chi connectivity index (χ3v) is 7.60. The maximum atomic E-state index is 14.4. The van der Waals surface area contributed by atoms with Crippen molar-refractivity contribution in [1.29, 1.82) is 0 Å². The van der Waals surface area contributed by atoms with Gasteiger partial charge in [0.15, 0.2) is 17.1 Å². The van der Waals surface area contributed by atoms with Gasteiger partial charge in [0.2, 0.25) is 5.88 Å². The summed E-state index contributed by atoms with van der Waals surface area (Å²) in [6.07, 6.45) is 5.44. The van der Waals surface area contributed by atoms with E-state index in [0.717, 1.165) is 30.9 Å². The normalized spacial score (nSPS) is 26.6. The Morgan fingerprint density at radius 2 is 1.88 bits per heavy atom. The molecule has 2 bridgehead atoms. The fraction of sp³-hybridized carbons (Fsp3) is 0.440. The van der Waals surface area contributed by atoms with Crippen LogP contribution in [0.2, 0.25) is 0 Å². The van der Waals surface area contributed by atoms with Crippen molar-refractivity contribution in [3.05, 3.63) is 53.6 Å². The van der Waals surface area contributed by atoms with Gasteiger partial charge in [-0.2, -0.15) is 10.1 Å². The Bertz CT molecular complexity index is 1230. The van der Waals surface area contributed by atoms with Crippen LogP contribution in [0.3, 0.4) is 0 Å². The van der Waals surface area contributed by atoms with Gasteiger partial charge in [-0.1, -0.05) is 11.7 Å². The van der Waals surface area contributed by atoms with E-state index in [2.05, 4.69) is 10.6 Å². The SMILES string of the molecule is COc1ccc(CN2N(c3cc4cc(F)cc(F)c4o3)NOC23CC2CCC3CC2)c(OC)c1. The molecule has 4 fully saturated rings. The van der Waals surface area contributed by atoms with E-state index >= 15 is 0 Å². The highest BCUT2D eigenvalue weighted by Gasteiger charge is 2.58. The highest BCUT2D eigenvalue weighted by Crippen LogP contribution is 2.53. The third kappa shape index (κ3) is 3.33. The highest BCUT2D eigenvalue weighted by molar-refractivity contribution is 5.81. The van der Waals surface area contributed by atoms with Gasteiger partial charge in [-0.15, -0.1) is 0 Å². The number of anilines is 1. The Kier molecular flexibility index (Phi) is 5.16. The molecule has 2 aromatic carbocycles. The van der Waals surface area contributed by atoms with Gasteiger partial charge in [0.1, 0.15) is 17.3 Å². The summed E-state index contributed by atoms with van der Waals surface area (Å²) >= 11 is 0. The zero-order chi connectivity index (χ0) is 23.4. The topological polar surface area (TPSA) is 59.3 Å². The summed E-state index contributed by atoms with van der Waals surface area (Å²) in [6, 6.07) is 9.42. The van der Waals surface area contributed by atoms with Crippen molar-refractivity contribution in [3.8, 4) is 11.5 Å². The summed E-state index contributed by atoms with van der Waals surface area (Å²) in [5.74, 6) is 1.24. The molecule has 4 aliphatic rings. The Balaban J connectivity index is 1.43. The number of hydrazine groups is 2. The molecule has 34 heavy (non-hydrogen) atoms. The molecular weight excluding hydrogens is 444 g/mol. The summed E-state index contributed by atoms with van der Waals surface area (Å²) in [5, 5.41) is 4.14. The first-order chi connectivity index (χ1) is 16.5. The summed E-state index contributed by atoms with van der Waals surface area (Å²) in [4.78, 5) is 6.34. The lowest BCUT2D eigenvalue weighted by Crippen LogP contribution is -2.59. The molecule has 1 N–H and O–H groups in total. The van der Waals surface area contributed by atoms with E-state index in [-0.39, 0.29) is 5.58 Å². The standard InChI is InChI=1S/C25H27F2N3O4/c1-31-20-8-5-16(22(12-20)32-2)14-29-25(13-15-3-6-18(25)7-4-15)34-28-30(29)23-10-17-9-19(26)11-21(27)24(17)33-23/h5,8-12,15,18,28H,3-4,6-7,13-14H2,1-2H3. The van der Waals surface area contributed by atoms with Gasteiger partial charge in [0.25, 0.3) is 0 Å². The largest absolute Gasteiger partial charge is 0.497 e. The first-order valence-corrected chi connectivity index (χ1v) is 11.6. The van der Waals surface area contributed by atoms with Gasteiger partial charge in [-0.25, -0.2) is 8.78 Å². The first kappa shape index (κ1) is 21.6. The molecule has 7 nitrogen and oxygen atoms in total. The second kappa shape index (κ2) is 8.11. The first-order valence-electron chi connectivity index (χ1n) is 11.6. The second-order valence-electron chi connectivity index (χ2n) is 9.40. The Labute approximate surface area is 196 Å². The van der Waals surface area contributed by atoms with Crippen LogP contribution in [0.1, 0.15) is 37.7 Å². The molecular formula is C25H27F2N3O4. The number of fused-ring (bicyclic) bond motifs is 3. The number of ether oxygens (including phenoxy) is 2. The van der Waals surface area contributed by atoms with Crippen molar-refractivity contribution in [2.24, 2.45) is 11.8 Å². The van der Waals surface area contributed by atoms with E-state index in [9.17, 15) is 8.78 Å². The van der Waals surface area contributed by atoms with Crippen LogP contribution in [0.4, 0.5) is 14.7 Å². The minimum Gasteiger partial charge on any atom is -0.497 e. The molecule has 1 aromatic heterocycles. The number of rotatable bonds is 5. The molecule has 9 heteroatoms. The number of furan rings is 1. The van der Waals surface area contributed by atoms with Gasteiger partial charge in [0.05, 0.1) is 20.8 Å². The summed E-state index contributed by atoms with van der Waals surface area (Å²) < 4.78 is 45.1. The van der Waals surface area contributed by atoms with Crippen LogP contribution >= 0.6 is 0 Å². The third-order valence-electron chi connectivity index (χ3n) is 7.60. The molecule has 7 rings (SSSR count). The van der Waals surface area contributed by atoms with Crippen molar-refractivity contribution < 1.29 is 27.5 Å². The van der Waals surface area contributed by atoms with E-state index in [1.165, 1.54) is 18.9 Å². The van der Waals surface area contributed by atoms with Crippen LogP contribution in [-0.4, -0.2) is 25.0 Å². The van der Waals surface area contributed by atoms with Crippen molar-refractivity contribution in [3.63, 3.8) is 0 Å². The Morgan fingerprint density at radius 1 is 1.06 bits per heavy atom.